The molecule has 2 aromatic carbocycles. The van der Waals surface area contributed by atoms with Gasteiger partial charge in [0.25, 0.3) is 5.91 Å². The highest BCUT2D eigenvalue weighted by Crippen LogP contribution is 2.32. The first kappa shape index (κ1) is 23.2. The average Bonchev–Trinajstić information content (AvgIpc) is 3.53. The van der Waals surface area contributed by atoms with Crippen molar-refractivity contribution in [3.8, 4) is 0 Å². The van der Waals surface area contributed by atoms with Crippen LogP contribution in [0, 0.1) is 0 Å². The molecule has 0 saturated carbocycles. The van der Waals surface area contributed by atoms with Crippen molar-refractivity contribution in [2.45, 2.75) is 36.1 Å². The lowest BCUT2D eigenvalue weighted by Gasteiger charge is -2.37. The van der Waals surface area contributed by atoms with Crippen molar-refractivity contribution < 1.29 is 14.3 Å². The van der Waals surface area contributed by atoms with E-state index in [2.05, 4.69) is 33.8 Å². The molecule has 0 radical (unpaired) electrons. The van der Waals surface area contributed by atoms with Crippen LogP contribution in [0.4, 0.5) is 0 Å². The summed E-state index contributed by atoms with van der Waals surface area (Å²) in [6.45, 7) is 3.34. The number of amides is 1. The van der Waals surface area contributed by atoms with E-state index in [0.717, 1.165) is 52.5 Å². The first-order valence-electron chi connectivity index (χ1n) is 12.3. The second kappa shape index (κ2) is 10.0. The summed E-state index contributed by atoms with van der Waals surface area (Å²) in [5.74, 6) is 0.366. The minimum Gasteiger partial charge on any atom is -0.347 e. The Morgan fingerprint density at radius 1 is 0.944 bits per heavy atom. The van der Waals surface area contributed by atoms with E-state index in [9.17, 15) is 4.79 Å². The number of fused-ring (bicyclic) bond motifs is 1. The predicted octanol–water partition coefficient (Wildman–Crippen LogP) is 4.75. The number of hydrogen-bond donors (Lipinski definition) is 0. The largest absolute Gasteiger partial charge is 0.347 e. The maximum absolute atomic E-state index is 13.0. The molecule has 2 aliphatic heterocycles. The van der Waals surface area contributed by atoms with E-state index in [4.69, 9.17) is 14.5 Å². The van der Waals surface area contributed by atoms with Crippen LogP contribution in [0.1, 0.15) is 34.3 Å². The minimum absolute atomic E-state index is 0.0687. The number of aromatic nitrogens is 3. The molecule has 1 amide bonds. The summed E-state index contributed by atoms with van der Waals surface area (Å²) in [6, 6.07) is 20.3. The Hall–Kier alpha value is -3.20. The summed E-state index contributed by atoms with van der Waals surface area (Å²) in [4.78, 5) is 24.1. The highest BCUT2D eigenvalue weighted by Gasteiger charge is 2.40. The fourth-order valence-corrected chi connectivity index (χ4v) is 5.86. The molecule has 4 aromatic rings. The molecule has 4 heterocycles. The fourth-order valence-electron chi connectivity index (χ4n) is 4.89. The number of hydrogen-bond acceptors (Lipinski definition) is 6. The van der Waals surface area contributed by atoms with E-state index in [-0.39, 0.29) is 5.91 Å². The van der Waals surface area contributed by atoms with Gasteiger partial charge in [-0.25, -0.2) is 4.98 Å². The second-order valence-electron chi connectivity index (χ2n) is 9.22. The van der Waals surface area contributed by atoms with Gasteiger partial charge in [0, 0.05) is 43.4 Å². The summed E-state index contributed by atoms with van der Waals surface area (Å²) in [5.41, 5.74) is 5.07. The van der Waals surface area contributed by atoms with Gasteiger partial charge in [-0.05, 0) is 29.3 Å². The van der Waals surface area contributed by atoms with Gasteiger partial charge in [0.05, 0.1) is 37.0 Å². The van der Waals surface area contributed by atoms with E-state index in [1.807, 2.05) is 47.5 Å². The van der Waals surface area contributed by atoms with Crippen LogP contribution in [-0.4, -0.2) is 57.4 Å². The number of imidazole rings is 1. The van der Waals surface area contributed by atoms with E-state index >= 15 is 0 Å². The zero-order valence-corrected chi connectivity index (χ0v) is 20.8. The van der Waals surface area contributed by atoms with E-state index < -0.39 is 5.79 Å². The normalized spacial score (nSPS) is 17.2. The summed E-state index contributed by atoms with van der Waals surface area (Å²) in [5, 5.41) is 0.959. The highest BCUT2D eigenvalue weighted by molar-refractivity contribution is 7.98. The number of piperidine rings is 1. The van der Waals surface area contributed by atoms with Crippen molar-refractivity contribution >= 4 is 28.7 Å². The molecule has 0 unspecified atom stereocenters. The number of thioether (sulfide) groups is 1. The molecular weight excluding hydrogens is 472 g/mol. The van der Waals surface area contributed by atoms with Crippen LogP contribution in [0.15, 0.2) is 78.2 Å². The molecule has 0 atom stereocenters. The van der Waals surface area contributed by atoms with Gasteiger partial charge < -0.3 is 18.9 Å². The van der Waals surface area contributed by atoms with Gasteiger partial charge in [-0.1, -0.05) is 54.2 Å². The van der Waals surface area contributed by atoms with Gasteiger partial charge in [0.1, 0.15) is 0 Å². The third kappa shape index (κ3) is 4.76. The number of pyridine rings is 1. The Labute approximate surface area is 214 Å². The Bertz CT molecular complexity index is 1340. The maximum Gasteiger partial charge on any atom is 0.253 e. The molecule has 1 spiro atoms. The van der Waals surface area contributed by atoms with E-state index in [0.29, 0.717) is 26.3 Å². The minimum atomic E-state index is -0.467. The molecule has 8 heteroatoms. The molecule has 6 rings (SSSR count). The van der Waals surface area contributed by atoms with Gasteiger partial charge in [-0.2, -0.15) is 0 Å². The third-order valence-corrected chi connectivity index (χ3v) is 7.94. The van der Waals surface area contributed by atoms with Crippen LogP contribution in [0.2, 0.25) is 0 Å². The maximum atomic E-state index is 13.0. The topological polar surface area (TPSA) is 69.5 Å². The molecule has 2 aliphatic rings. The Morgan fingerprint density at radius 2 is 1.69 bits per heavy atom. The number of carbonyl (C=O) groups is 1. The molecule has 2 fully saturated rings. The lowest BCUT2D eigenvalue weighted by atomic mass is 10.0. The van der Waals surface area contributed by atoms with Gasteiger partial charge >= 0.3 is 0 Å². The number of ether oxygens (including phenoxy) is 2. The van der Waals surface area contributed by atoms with Crippen molar-refractivity contribution in [2.75, 3.05) is 26.3 Å². The molecule has 2 saturated heterocycles. The van der Waals surface area contributed by atoms with Crippen molar-refractivity contribution in [1.82, 2.24) is 19.4 Å². The van der Waals surface area contributed by atoms with Crippen LogP contribution in [0.3, 0.4) is 0 Å². The number of nitrogens with zero attached hydrogens (tertiary/aromatic N) is 4. The van der Waals surface area contributed by atoms with Crippen molar-refractivity contribution in [1.29, 1.82) is 0 Å². The lowest BCUT2D eigenvalue weighted by Crippen LogP contribution is -2.47. The molecule has 7 nitrogen and oxygen atoms in total. The Kier molecular flexibility index (Phi) is 6.48. The molecule has 0 bridgehead atoms. The third-order valence-electron chi connectivity index (χ3n) is 6.89. The molecule has 0 N–H and O–H groups in total. The smallest absolute Gasteiger partial charge is 0.253 e. The van der Waals surface area contributed by atoms with Crippen LogP contribution in [0.25, 0.3) is 11.0 Å². The van der Waals surface area contributed by atoms with Gasteiger partial charge in [0.15, 0.2) is 10.9 Å². The molecule has 2 aromatic heterocycles. The average molecular weight is 501 g/mol. The number of benzene rings is 2. The van der Waals surface area contributed by atoms with Crippen molar-refractivity contribution in [2.24, 2.45) is 0 Å². The highest BCUT2D eigenvalue weighted by atomic mass is 32.2. The standard InChI is InChI=1S/C28H28N4O3S/c33-26(31-14-11-28(12-15-31)34-16-17-35-28)23-8-6-22(7-9-23)20-36-27-30-24-10-13-29-18-25(24)32(27)19-21-4-2-1-3-5-21/h1-10,13,18H,11-12,14-17,19-20H2. The zero-order chi connectivity index (χ0) is 24.4. The van der Waals surface area contributed by atoms with Crippen molar-refractivity contribution in [3.63, 3.8) is 0 Å². The number of likely N-dealkylation sites (tertiary alicyclic amines) is 1. The van der Waals surface area contributed by atoms with Crippen LogP contribution >= 0.6 is 11.8 Å². The van der Waals surface area contributed by atoms with Crippen LogP contribution in [0.5, 0.6) is 0 Å². The van der Waals surface area contributed by atoms with Gasteiger partial charge in [-0.3, -0.25) is 9.78 Å². The first-order chi connectivity index (χ1) is 17.7. The molecular formula is C28H28N4O3S. The Balaban J connectivity index is 1.12. The summed E-state index contributed by atoms with van der Waals surface area (Å²) < 4.78 is 13.8. The van der Waals surface area contributed by atoms with Crippen LogP contribution < -0.4 is 0 Å². The quantitative estimate of drug-likeness (QED) is 0.356. The summed E-state index contributed by atoms with van der Waals surface area (Å²) in [6.07, 6.45) is 5.12. The van der Waals surface area contributed by atoms with E-state index in [1.54, 1.807) is 18.0 Å². The van der Waals surface area contributed by atoms with Crippen molar-refractivity contribution in [3.05, 3.63) is 89.7 Å². The number of carbonyl (C=O) groups excluding carboxylic acids is 1. The van der Waals surface area contributed by atoms with Gasteiger partial charge in [0.2, 0.25) is 0 Å². The SMILES string of the molecule is O=C(c1ccc(CSc2nc3ccncc3n2Cc2ccccc2)cc1)N1CCC2(CC1)OCCO2. The molecule has 36 heavy (non-hydrogen) atoms. The van der Waals surface area contributed by atoms with Gasteiger partial charge in [-0.15, -0.1) is 0 Å². The van der Waals surface area contributed by atoms with E-state index in [1.165, 1.54) is 5.56 Å². The lowest BCUT2D eigenvalue weighted by molar-refractivity contribution is -0.181. The summed E-state index contributed by atoms with van der Waals surface area (Å²) in [7, 11) is 0. The molecule has 0 aliphatic carbocycles. The Morgan fingerprint density at radius 3 is 2.44 bits per heavy atom. The fraction of sp³-hybridized carbons (Fsp3) is 0.321. The molecule has 184 valence electrons. The summed E-state index contributed by atoms with van der Waals surface area (Å²) >= 11 is 1.70. The second-order valence-corrected chi connectivity index (χ2v) is 10.2. The zero-order valence-electron chi connectivity index (χ0n) is 20.0. The monoisotopic (exact) mass is 500 g/mol. The number of rotatable bonds is 6. The van der Waals surface area contributed by atoms with Crippen LogP contribution in [-0.2, 0) is 21.8 Å². The first-order valence-corrected chi connectivity index (χ1v) is 13.3. The predicted molar refractivity (Wildman–Crippen MR) is 139 cm³/mol.